The van der Waals surface area contributed by atoms with E-state index in [0.29, 0.717) is 0 Å². The van der Waals surface area contributed by atoms with Crippen LogP contribution in [0.15, 0.2) is 26.8 Å². The van der Waals surface area contributed by atoms with Gasteiger partial charge in [0.1, 0.15) is 5.75 Å². The number of rotatable bonds is 4. The third kappa shape index (κ3) is 2.55. The Bertz CT molecular complexity index is 254. The highest BCUT2D eigenvalue weighted by Gasteiger charge is 2.08. The molecular formula is C10H14OS3. The average Bonchev–Trinajstić information content (AvgIpc) is 2.26. The van der Waals surface area contributed by atoms with Crippen LogP contribution in [0.5, 0.6) is 5.75 Å². The lowest BCUT2D eigenvalue weighted by Gasteiger charge is -2.11. The molecule has 4 heteroatoms. The summed E-state index contributed by atoms with van der Waals surface area (Å²) in [6, 6.07) is 4.31. The summed E-state index contributed by atoms with van der Waals surface area (Å²) in [5.41, 5.74) is 0. The fourth-order valence-electron chi connectivity index (χ4n) is 1.16. The Morgan fingerprint density at radius 3 is 1.79 bits per heavy atom. The number of methoxy groups -OCH3 is 1. The Balaban J connectivity index is 3.20. The maximum absolute atomic E-state index is 5.33. The molecule has 0 bridgehead atoms. The van der Waals surface area contributed by atoms with Crippen LogP contribution in [0.1, 0.15) is 0 Å². The highest BCUT2D eigenvalue weighted by atomic mass is 32.2. The molecule has 14 heavy (non-hydrogen) atoms. The SMILES string of the molecule is COc1cc(SC)c(SC)cc1SC. The van der Waals surface area contributed by atoms with Gasteiger partial charge in [0, 0.05) is 9.79 Å². The minimum atomic E-state index is 0.972. The number of ether oxygens (including phenoxy) is 1. The van der Waals surface area contributed by atoms with Crippen LogP contribution >= 0.6 is 35.3 Å². The lowest BCUT2D eigenvalue weighted by molar-refractivity contribution is 0.403. The molecule has 0 atom stereocenters. The summed E-state index contributed by atoms with van der Waals surface area (Å²) < 4.78 is 5.33. The molecule has 78 valence electrons. The molecule has 0 fully saturated rings. The summed E-state index contributed by atoms with van der Waals surface area (Å²) in [4.78, 5) is 3.81. The Labute approximate surface area is 98.4 Å². The fourth-order valence-corrected chi connectivity index (χ4v) is 3.30. The molecule has 0 saturated carbocycles. The van der Waals surface area contributed by atoms with Gasteiger partial charge in [0.2, 0.25) is 0 Å². The molecule has 1 rings (SSSR count). The van der Waals surface area contributed by atoms with Gasteiger partial charge in [-0.2, -0.15) is 0 Å². The first kappa shape index (κ1) is 12.1. The molecule has 1 nitrogen and oxygen atoms in total. The van der Waals surface area contributed by atoms with E-state index in [4.69, 9.17) is 4.74 Å². The van der Waals surface area contributed by atoms with Crippen molar-refractivity contribution in [2.45, 2.75) is 14.7 Å². The molecule has 1 aromatic rings. The van der Waals surface area contributed by atoms with Crippen LogP contribution in [0.3, 0.4) is 0 Å². The molecule has 0 heterocycles. The van der Waals surface area contributed by atoms with E-state index < -0.39 is 0 Å². The van der Waals surface area contributed by atoms with Crippen molar-refractivity contribution in [3.8, 4) is 5.75 Å². The van der Waals surface area contributed by atoms with Gasteiger partial charge in [-0.05, 0) is 30.9 Å². The van der Waals surface area contributed by atoms with E-state index in [-0.39, 0.29) is 0 Å². The molecule has 0 amide bonds. The lowest BCUT2D eigenvalue weighted by atomic mass is 10.3. The van der Waals surface area contributed by atoms with Crippen LogP contribution in [0.2, 0.25) is 0 Å². The number of hydrogen-bond donors (Lipinski definition) is 0. The van der Waals surface area contributed by atoms with E-state index in [2.05, 4.69) is 30.9 Å². The van der Waals surface area contributed by atoms with Crippen molar-refractivity contribution < 1.29 is 4.74 Å². The Morgan fingerprint density at radius 2 is 1.36 bits per heavy atom. The van der Waals surface area contributed by atoms with Crippen LogP contribution in [-0.2, 0) is 0 Å². The molecule has 0 saturated heterocycles. The summed E-state index contributed by atoms with van der Waals surface area (Å²) >= 11 is 5.26. The Kier molecular flexibility index (Phi) is 5.06. The summed E-state index contributed by atoms with van der Waals surface area (Å²) in [5.74, 6) is 0.972. The first-order valence-electron chi connectivity index (χ1n) is 4.10. The van der Waals surface area contributed by atoms with Gasteiger partial charge >= 0.3 is 0 Å². The minimum absolute atomic E-state index is 0.972. The Hall–Kier alpha value is 0.0700. The topological polar surface area (TPSA) is 9.23 Å². The second-order valence-electron chi connectivity index (χ2n) is 2.56. The number of benzene rings is 1. The van der Waals surface area contributed by atoms with Gasteiger partial charge in [-0.3, -0.25) is 0 Å². The second kappa shape index (κ2) is 5.83. The molecule has 0 unspecified atom stereocenters. The van der Waals surface area contributed by atoms with Gasteiger partial charge in [0.05, 0.1) is 12.0 Å². The standard InChI is InChI=1S/C10H14OS3/c1-11-7-5-9(13-3)10(14-4)6-8(7)12-2/h5-6H,1-4H3. The first-order chi connectivity index (χ1) is 6.76. The van der Waals surface area contributed by atoms with Gasteiger partial charge in [-0.15, -0.1) is 35.3 Å². The minimum Gasteiger partial charge on any atom is -0.496 e. The molecule has 0 aliphatic heterocycles. The van der Waals surface area contributed by atoms with Crippen LogP contribution in [0, 0.1) is 0 Å². The predicted molar refractivity (Wildman–Crippen MR) is 68.3 cm³/mol. The number of hydrogen-bond acceptors (Lipinski definition) is 4. The largest absolute Gasteiger partial charge is 0.496 e. The third-order valence-electron chi connectivity index (χ3n) is 1.89. The molecule has 0 aliphatic rings. The molecule has 1 aromatic carbocycles. The van der Waals surface area contributed by atoms with Crippen molar-refractivity contribution in [1.82, 2.24) is 0 Å². The fraction of sp³-hybridized carbons (Fsp3) is 0.400. The van der Waals surface area contributed by atoms with Gasteiger partial charge in [-0.1, -0.05) is 0 Å². The molecule has 0 spiro atoms. The predicted octanol–water partition coefficient (Wildman–Crippen LogP) is 3.86. The monoisotopic (exact) mass is 246 g/mol. The molecule has 0 aliphatic carbocycles. The third-order valence-corrected chi connectivity index (χ3v) is 4.33. The van der Waals surface area contributed by atoms with Crippen LogP contribution in [0.4, 0.5) is 0 Å². The van der Waals surface area contributed by atoms with Crippen molar-refractivity contribution in [3.05, 3.63) is 12.1 Å². The van der Waals surface area contributed by atoms with Crippen LogP contribution in [0.25, 0.3) is 0 Å². The smallest absolute Gasteiger partial charge is 0.133 e. The molecular weight excluding hydrogens is 232 g/mol. The highest BCUT2D eigenvalue weighted by Crippen LogP contribution is 2.38. The van der Waals surface area contributed by atoms with Crippen molar-refractivity contribution >= 4 is 35.3 Å². The average molecular weight is 246 g/mol. The zero-order valence-corrected chi connectivity index (χ0v) is 11.2. The number of thioether (sulfide) groups is 3. The van der Waals surface area contributed by atoms with Gasteiger partial charge < -0.3 is 4.74 Å². The molecule has 0 aromatic heterocycles. The Morgan fingerprint density at radius 1 is 0.857 bits per heavy atom. The zero-order chi connectivity index (χ0) is 10.6. The zero-order valence-electron chi connectivity index (χ0n) is 8.79. The summed E-state index contributed by atoms with van der Waals surface area (Å²) in [7, 11) is 1.72. The van der Waals surface area contributed by atoms with E-state index in [1.807, 2.05) is 0 Å². The lowest BCUT2D eigenvalue weighted by Crippen LogP contribution is -1.88. The maximum atomic E-state index is 5.33. The van der Waals surface area contributed by atoms with E-state index in [9.17, 15) is 0 Å². The normalized spacial score (nSPS) is 10.3. The molecule has 0 N–H and O–H groups in total. The first-order valence-corrected chi connectivity index (χ1v) is 7.78. The van der Waals surface area contributed by atoms with Crippen LogP contribution < -0.4 is 4.74 Å². The summed E-state index contributed by atoms with van der Waals surface area (Å²) in [6.07, 6.45) is 6.26. The van der Waals surface area contributed by atoms with E-state index in [0.717, 1.165) is 5.75 Å². The van der Waals surface area contributed by atoms with E-state index in [1.165, 1.54) is 14.7 Å². The summed E-state index contributed by atoms with van der Waals surface area (Å²) in [6.45, 7) is 0. The van der Waals surface area contributed by atoms with Crippen molar-refractivity contribution in [1.29, 1.82) is 0 Å². The highest BCUT2D eigenvalue weighted by molar-refractivity contribution is 8.01. The quantitative estimate of drug-likeness (QED) is 0.746. The second-order valence-corrected chi connectivity index (χ2v) is 5.11. The van der Waals surface area contributed by atoms with Gasteiger partial charge in [0.25, 0.3) is 0 Å². The van der Waals surface area contributed by atoms with Crippen LogP contribution in [-0.4, -0.2) is 25.9 Å². The molecule has 0 radical (unpaired) electrons. The maximum Gasteiger partial charge on any atom is 0.133 e. The van der Waals surface area contributed by atoms with E-state index >= 15 is 0 Å². The van der Waals surface area contributed by atoms with Crippen molar-refractivity contribution in [3.63, 3.8) is 0 Å². The van der Waals surface area contributed by atoms with Gasteiger partial charge in [-0.25, -0.2) is 0 Å². The van der Waals surface area contributed by atoms with Gasteiger partial charge in [0.15, 0.2) is 0 Å². The van der Waals surface area contributed by atoms with Crippen molar-refractivity contribution in [2.75, 3.05) is 25.9 Å². The van der Waals surface area contributed by atoms with E-state index in [1.54, 1.807) is 42.4 Å². The summed E-state index contributed by atoms with van der Waals surface area (Å²) in [5, 5.41) is 0. The van der Waals surface area contributed by atoms with Crippen molar-refractivity contribution in [2.24, 2.45) is 0 Å².